The van der Waals surface area contributed by atoms with E-state index in [1.165, 1.54) is 32.1 Å². The van der Waals surface area contributed by atoms with Crippen LogP contribution in [0.1, 0.15) is 39.0 Å². The highest BCUT2D eigenvalue weighted by Gasteiger charge is 2.27. The van der Waals surface area contributed by atoms with Crippen molar-refractivity contribution in [1.82, 2.24) is 5.32 Å². The third-order valence-corrected chi connectivity index (χ3v) is 3.95. The van der Waals surface area contributed by atoms with E-state index in [9.17, 15) is 4.79 Å². The average Bonchev–Trinajstić information content (AvgIpc) is 2.37. The van der Waals surface area contributed by atoms with Crippen LogP contribution in [-0.2, 0) is 9.53 Å². The van der Waals surface area contributed by atoms with E-state index in [2.05, 4.69) is 10.3 Å². The molecule has 1 saturated carbocycles. The van der Waals surface area contributed by atoms with Gasteiger partial charge in [0.15, 0.2) is 5.11 Å². The molecule has 0 aromatic carbocycles. The minimum atomic E-state index is -0.278. The maximum absolute atomic E-state index is 12.0. The molecule has 1 heterocycles. The summed E-state index contributed by atoms with van der Waals surface area (Å²) in [4.78, 5) is 16.1. The van der Waals surface area contributed by atoms with Crippen LogP contribution in [0.4, 0.5) is 0 Å². The molecule has 2 aliphatic rings. The smallest absolute Gasteiger partial charge is 0.316 e. The van der Waals surface area contributed by atoms with E-state index in [0.29, 0.717) is 24.2 Å². The van der Waals surface area contributed by atoms with Gasteiger partial charge in [-0.15, -0.1) is 0 Å². The van der Waals surface area contributed by atoms with Crippen LogP contribution in [0.25, 0.3) is 0 Å². The van der Waals surface area contributed by atoms with Crippen molar-refractivity contribution >= 4 is 29.0 Å². The number of nitrogens with one attached hydrogen (secondary N) is 1. The molecule has 100 valence electrons. The van der Waals surface area contributed by atoms with Gasteiger partial charge >= 0.3 is 5.97 Å². The standard InChI is InChI=1S/C13H20N2O2S/c1-9-11(7-14-13(18)15-9)12(16)17-8-10-5-3-2-4-6-10/h10-11H,2-8H2,1H3,(H,14,18). The fourth-order valence-electron chi connectivity index (χ4n) is 2.52. The summed E-state index contributed by atoms with van der Waals surface area (Å²) in [5.41, 5.74) is 0.757. The number of nitrogens with zero attached hydrogens (tertiary/aromatic N) is 1. The third kappa shape index (κ3) is 3.51. The van der Waals surface area contributed by atoms with Crippen molar-refractivity contribution in [3.05, 3.63) is 0 Å². The molecule has 1 N–H and O–H groups in total. The van der Waals surface area contributed by atoms with E-state index in [1.54, 1.807) is 0 Å². The van der Waals surface area contributed by atoms with E-state index in [0.717, 1.165) is 5.71 Å². The first kappa shape index (κ1) is 13.5. The van der Waals surface area contributed by atoms with Crippen molar-refractivity contribution in [2.45, 2.75) is 39.0 Å². The predicted octanol–water partition coefficient (Wildman–Crippen LogP) is 2.08. The first-order valence-electron chi connectivity index (χ1n) is 6.66. The Morgan fingerprint density at radius 1 is 1.44 bits per heavy atom. The maximum atomic E-state index is 12.0. The largest absolute Gasteiger partial charge is 0.465 e. The topological polar surface area (TPSA) is 50.7 Å². The Kier molecular flexibility index (Phi) is 4.69. The summed E-state index contributed by atoms with van der Waals surface area (Å²) in [6.07, 6.45) is 6.23. The van der Waals surface area contributed by atoms with Crippen LogP contribution in [0, 0.1) is 11.8 Å². The second kappa shape index (κ2) is 6.27. The Hall–Kier alpha value is -0.970. The molecule has 1 fully saturated rings. The molecule has 2 rings (SSSR count). The number of esters is 1. The van der Waals surface area contributed by atoms with E-state index in [-0.39, 0.29) is 11.9 Å². The molecular formula is C13H20N2O2S. The summed E-state index contributed by atoms with van der Waals surface area (Å²) in [5.74, 6) is 0.106. The minimum Gasteiger partial charge on any atom is -0.465 e. The van der Waals surface area contributed by atoms with Crippen molar-refractivity contribution in [2.75, 3.05) is 13.2 Å². The monoisotopic (exact) mass is 268 g/mol. The van der Waals surface area contributed by atoms with Gasteiger partial charge in [-0.3, -0.25) is 4.79 Å². The van der Waals surface area contributed by atoms with Gasteiger partial charge in [-0.05, 0) is 37.9 Å². The third-order valence-electron chi connectivity index (χ3n) is 3.71. The van der Waals surface area contributed by atoms with Crippen molar-refractivity contribution < 1.29 is 9.53 Å². The fraction of sp³-hybridized carbons (Fsp3) is 0.769. The normalized spacial score (nSPS) is 25.3. The molecule has 1 aliphatic heterocycles. The van der Waals surface area contributed by atoms with Crippen LogP contribution >= 0.6 is 12.2 Å². The summed E-state index contributed by atoms with van der Waals surface area (Å²) in [7, 11) is 0. The summed E-state index contributed by atoms with van der Waals surface area (Å²) >= 11 is 4.94. The van der Waals surface area contributed by atoms with Crippen LogP contribution in [0.2, 0.25) is 0 Å². The van der Waals surface area contributed by atoms with E-state index >= 15 is 0 Å². The van der Waals surface area contributed by atoms with Crippen LogP contribution in [0.5, 0.6) is 0 Å². The Morgan fingerprint density at radius 3 is 2.83 bits per heavy atom. The van der Waals surface area contributed by atoms with Crippen LogP contribution < -0.4 is 5.32 Å². The molecule has 0 aromatic heterocycles. The van der Waals surface area contributed by atoms with Gasteiger partial charge in [-0.25, -0.2) is 4.99 Å². The fourth-order valence-corrected chi connectivity index (χ4v) is 2.75. The molecule has 0 radical (unpaired) electrons. The highest BCUT2D eigenvalue weighted by atomic mass is 32.1. The number of rotatable bonds is 3. The molecule has 0 spiro atoms. The molecule has 0 amide bonds. The SMILES string of the molecule is CC1=NC(=S)NCC1C(=O)OCC1CCCCC1. The quantitative estimate of drug-likeness (QED) is 0.629. The maximum Gasteiger partial charge on any atom is 0.316 e. The first-order valence-corrected chi connectivity index (χ1v) is 7.07. The van der Waals surface area contributed by atoms with Crippen molar-refractivity contribution in [3.8, 4) is 0 Å². The van der Waals surface area contributed by atoms with Crippen molar-refractivity contribution in [3.63, 3.8) is 0 Å². The zero-order valence-corrected chi connectivity index (χ0v) is 11.6. The second-order valence-electron chi connectivity index (χ2n) is 5.13. The Bertz CT molecular complexity index is 362. The first-order chi connectivity index (χ1) is 8.66. The summed E-state index contributed by atoms with van der Waals surface area (Å²) in [6, 6.07) is 0. The second-order valence-corrected chi connectivity index (χ2v) is 5.51. The zero-order valence-electron chi connectivity index (χ0n) is 10.8. The molecule has 0 aromatic rings. The number of hydrogen-bond donors (Lipinski definition) is 1. The van der Waals surface area contributed by atoms with Crippen LogP contribution in [-0.4, -0.2) is 29.9 Å². The van der Waals surface area contributed by atoms with Gasteiger partial charge in [0.1, 0.15) is 5.92 Å². The van der Waals surface area contributed by atoms with Gasteiger partial charge in [-0.1, -0.05) is 19.3 Å². The number of carbonyl (C=O) groups is 1. The Balaban J connectivity index is 1.80. The highest BCUT2D eigenvalue weighted by Crippen LogP contribution is 2.24. The van der Waals surface area contributed by atoms with Crippen LogP contribution in [0.15, 0.2) is 4.99 Å². The molecule has 0 bridgehead atoms. The van der Waals surface area contributed by atoms with Crippen molar-refractivity contribution in [2.24, 2.45) is 16.8 Å². The number of aliphatic imine (C=N–C) groups is 1. The van der Waals surface area contributed by atoms with E-state index in [1.807, 2.05) is 6.92 Å². The van der Waals surface area contributed by atoms with Gasteiger partial charge in [0, 0.05) is 12.3 Å². The van der Waals surface area contributed by atoms with Gasteiger partial charge in [0.25, 0.3) is 0 Å². The lowest BCUT2D eigenvalue weighted by atomic mass is 9.90. The lowest BCUT2D eigenvalue weighted by Gasteiger charge is -2.24. The number of ether oxygens (including phenoxy) is 1. The molecule has 4 nitrogen and oxygen atoms in total. The predicted molar refractivity (Wildman–Crippen MR) is 74.7 cm³/mol. The zero-order chi connectivity index (χ0) is 13.0. The summed E-state index contributed by atoms with van der Waals surface area (Å²) < 4.78 is 5.42. The Morgan fingerprint density at radius 2 is 2.17 bits per heavy atom. The average molecular weight is 268 g/mol. The van der Waals surface area contributed by atoms with E-state index in [4.69, 9.17) is 17.0 Å². The molecular weight excluding hydrogens is 248 g/mol. The number of hydrogen-bond acceptors (Lipinski definition) is 3. The molecule has 18 heavy (non-hydrogen) atoms. The number of carbonyl (C=O) groups excluding carboxylic acids is 1. The minimum absolute atomic E-state index is 0.170. The van der Waals surface area contributed by atoms with Crippen LogP contribution in [0.3, 0.4) is 0 Å². The van der Waals surface area contributed by atoms with Gasteiger partial charge in [-0.2, -0.15) is 0 Å². The highest BCUT2D eigenvalue weighted by molar-refractivity contribution is 7.80. The molecule has 0 saturated heterocycles. The lowest BCUT2D eigenvalue weighted by molar-refractivity contribution is -0.147. The van der Waals surface area contributed by atoms with Gasteiger partial charge < -0.3 is 10.1 Å². The Labute approximate surface area is 113 Å². The molecule has 5 heteroatoms. The molecule has 1 atom stereocenters. The molecule has 1 unspecified atom stereocenters. The lowest BCUT2D eigenvalue weighted by Crippen LogP contribution is -2.41. The summed E-state index contributed by atoms with van der Waals surface area (Å²) in [6.45, 7) is 2.91. The van der Waals surface area contributed by atoms with Gasteiger partial charge in [0.05, 0.1) is 6.61 Å². The number of thiocarbonyl (C=S) groups is 1. The van der Waals surface area contributed by atoms with Gasteiger partial charge in [0.2, 0.25) is 0 Å². The van der Waals surface area contributed by atoms with Crippen molar-refractivity contribution in [1.29, 1.82) is 0 Å². The summed E-state index contributed by atoms with van der Waals surface area (Å²) in [5, 5.41) is 3.39. The molecule has 1 aliphatic carbocycles. The van der Waals surface area contributed by atoms with E-state index < -0.39 is 0 Å².